The topological polar surface area (TPSA) is 69.6 Å². The lowest BCUT2D eigenvalue weighted by Crippen LogP contribution is -2.38. The highest BCUT2D eigenvalue weighted by molar-refractivity contribution is 5.70. The van der Waals surface area contributed by atoms with E-state index in [-0.39, 0.29) is 12.0 Å². The summed E-state index contributed by atoms with van der Waals surface area (Å²) in [6.07, 6.45) is 6.53. The molecule has 98 valence electrons. The van der Waals surface area contributed by atoms with Gasteiger partial charge in [0.25, 0.3) is 0 Å². The summed E-state index contributed by atoms with van der Waals surface area (Å²) >= 11 is 0. The Morgan fingerprint density at radius 1 is 1.18 bits per heavy atom. The van der Waals surface area contributed by atoms with Crippen molar-refractivity contribution < 1.29 is 15.0 Å². The largest absolute Gasteiger partial charge is 0.481 e. The Kier molecular flexibility index (Phi) is 4.40. The van der Waals surface area contributed by atoms with E-state index in [0.717, 1.165) is 51.5 Å². The molecule has 3 N–H and O–H groups in total. The van der Waals surface area contributed by atoms with Crippen LogP contribution in [0, 0.1) is 11.8 Å². The first-order chi connectivity index (χ1) is 8.15. The van der Waals surface area contributed by atoms with Crippen LogP contribution in [-0.4, -0.2) is 34.9 Å². The molecule has 2 aliphatic carbocycles. The third-order valence-corrected chi connectivity index (χ3v) is 4.23. The van der Waals surface area contributed by atoms with E-state index in [2.05, 4.69) is 5.32 Å². The van der Waals surface area contributed by atoms with Gasteiger partial charge in [-0.05, 0) is 51.0 Å². The van der Waals surface area contributed by atoms with Crippen molar-refractivity contribution in [1.29, 1.82) is 0 Å². The Morgan fingerprint density at radius 2 is 2.00 bits per heavy atom. The summed E-state index contributed by atoms with van der Waals surface area (Å²) in [6, 6.07) is 0.364. The molecule has 2 saturated carbocycles. The van der Waals surface area contributed by atoms with Gasteiger partial charge in [-0.2, -0.15) is 0 Å². The molecule has 17 heavy (non-hydrogen) atoms. The van der Waals surface area contributed by atoms with Crippen LogP contribution in [0.3, 0.4) is 0 Å². The minimum Gasteiger partial charge on any atom is -0.481 e. The molecule has 2 fully saturated rings. The minimum atomic E-state index is -0.646. The highest BCUT2D eigenvalue weighted by Gasteiger charge is 2.28. The van der Waals surface area contributed by atoms with Crippen molar-refractivity contribution in [3.63, 3.8) is 0 Å². The number of carboxylic acid groups (broad SMARTS) is 1. The molecule has 4 atom stereocenters. The van der Waals surface area contributed by atoms with Crippen molar-refractivity contribution >= 4 is 5.97 Å². The Hall–Kier alpha value is -0.610. The van der Waals surface area contributed by atoms with Gasteiger partial charge in [0, 0.05) is 6.04 Å². The molecule has 2 rings (SSSR count). The van der Waals surface area contributed by atoms with Gasteiger partial charge in [0.05, 0.1) is 12.0 Å². The first kappa shape index (κ1) is 12.8. The monoisotopic (exact) mass is 241 g/mol. The Labute approximate surface area is 102 Å². The lowest BCUT2D eigenvalue weighted by atomic mass is 9.85. The Balaban J connectivity index is 1.70. The maximum atomic E-state index is 10.9. The first-order valence-electron chi connectivity index (χ1n) is 6.79. The summed E-state index contributed by atoms with van der Waals surface area (Å²) in [5.74, 6) is -0.224. The molecule has 0 heterocycles. The van der Waals surface area contributed by atoms with Crippen LogP contribution in [0.5, 0.6) is 0 Å². The maximum Gasteiger partial charge on any atom is 0.306 e. The second-order valence-electron chi connectivity index (χ2n) is 5.64. The molecule has 0 amide bonds. The molecule has 4 unspecified atom stereocenters. The molecule has 4 nitrogen and oxygen atoms in total. The standard InChI is InChI=1S/C13H23NO3/c15-12-5-4-9(6-12)8-14-11-3-1-2-10(7-11)13(16)17/h9-12,14-15H,1-8H2,(H,16,17). The third-order valence-electron chi connectivity index (χ3n) is 4.23. The summed E-state index contributed by atoms with van der Waals surface area (Å²) < 4.78 is 0. The molecule has 0 aromatic rings. The zero-order valence-corrected chi connectivity index (χ0v) is 10.3. The van der Waals surface area contributed by atoms with Gasteiger partial charge in [-0.15, -0.1) is 0 Å². The summed E-state index contributed by atoms with van der Waals surface area (Å²) in [4.78, 5) is 10.9. The highest BCUT2D eigenvalue weighted by Crippen LogP contribution is 2.27. The number of aliphatic carboxylic acids is 1. The van der Waals surface area contributed by atoms with Gasteiger partial charge in [0.15, 0.2) is 0 Å². The fraction of sp³-hybridized carbons (Fsp3) is 0.923. The maximum absolute atomic E-state index is 10.9. The van der Waals surface area contributed by atoms with Crippen LogP contribution >= 0.6 is 0 Å². The van der Waals surface area contributed by atoms with Crippen molar-refractivity contribution in [3.8, 4) is 0 Å². The van der Waals surface area contributed by atoms with Crippen molar-refractivity contribution in [2.24, 2.45) is 11.8 Å². The van der Waals surface area contributed by atoms with E-state index in [1.165, 1.54) is 0 Å². The van der Waals surface area contributed by atoms with E-state index in [1.807, 2.05) is 0 Å². The van der Waals surface area contributed by atoms with Gasteiger partial charge in [0.2, 0.25) is 0 Å². The molecule has 0 aliphatic heterocycles. The summed E-state index contributed by atoms with van der Waals surface area (Å²) in [5, 5.41) is 22.0. The number of carboxylic acids is 1. The van der Waals surface area contributed by atoms with E-state index in [1.54, 1.807) is 0 Å². The SMILES string of the molecule is O=C(O)C1CCCC(NCC2CCC(O)C2)C1. The predicted octanol–water partition coefficient (Wildman–Crippen LogP) is 1.38. The van der Waals surface area contributed by atoms with Crippen LogP contribution in [-0.2, 0) is 4.79 Å². The highest BCUT2D eigenvalue weighted by atomic mass is 16.4. The number of hydrogen-bond acceptors (Lipinski definition) is 3. The molecule has 4 heteroatoms. The van der Waals surface area contributed by atoms with Crippen molar-refractivity contribution in [2.75, 3.05) is 6.54 Å². The Bertz CT molecular complexity index is 269. The fourth-order valence-corrected chi connectivity index (χ4v) is 3.17. The van der Waals surface area contributed by atoms with Crippen LogP contribution in [0.2, 0.25) is 0 Å². The van der Waals surface area contributed by atoms with Crippen molar-refractivity contribution in [3.05, 3.63) is 0 Å². The van der Waals surface area contributed by atoms with Crippen LogP contribution in [0.1, 0.15) is 44.9 Å². The first-order valence-corrected chi connectivity index (χ1v) is 6.79. The van der Waals surface area contributed by atoms with E-state index >= 15 is 0 Å². The van der Waals surface area contributed by atoms with E-state index in [0.29, 0.717) is 12.0 Å². The lowest BCUT2D eigenvalue weighted by Gasteiger charge is -2.28. The number of aliphatic hydroxyl groups excluding tert-OH is 1. The van der Waals surface area contributed by atoms with Gasteiger partial charge >= 0.3 is 5.97 Å². The smallest absolute Gasteiger partial charge is 0.306 e. The van der Waals surface area contributed by atoms with Gasteiger partial charge in [-0.25, -0.2) is 0 Å². The molecule has 0 saturated heterocycles. The van der Waals surface area contributed by atoms with E-state index in [9.17, 15) is 9.90 Å². The average Bonchev–Trinajstić information content (AvgIpc) is 2.73. The number of hydrogen-bond donors (Lipinski definition) is 3. The average molecular weight is 241 g/mol. The van der Waals surface area contributed by atoms with Crippen molar-refractivity contribution in [2.45, 2.75) is 57.1 Å². The number of rotatable bonds is 4. The van der Waals surface area contributed by atoms with E-state index < -0.39 is 5.97 Å². The van der Waals surface area contributed by atoms with Crippen LogP contribution in [0.25, 0.3) is 0 Å². The predicted molar refractivity (Wildman–Crippen MR) is 64.7 cm³/mol. The second kappa shape index (κ2) is 5.83. The fourth-order valence-electron chi connectivity index (χ4n) is 3.17. The van der Waals surface area contributed by atoms with Crippen molar-refractivity contribution in [1.82, 2.24) is 5.32 Å². The molecule has 0 aromatic heterocycles. The molecule has 0 bridgehead atoms. The molecule has 2 aliphatic rings. The van der Waals surface area contributed by atoms with Gasteiger partial charge in [0.1, 0.15) is 0 Å². The molecule has 0 radical (unpaired) electrons. The zero-order valence-electron chi connectivity index (χ0n) is 10.3. The summed E-state index contributed by atoms with van der Waals surface area (Å²) in [6.45, 7) is 0.939. The van der Waals surface area contributed by atoms with Gasteiger partial charge in [-0.3, -0.25) is 4.79 Å². The molecular weight excluding hydrogens is 218 g/mol. The number of nitrogens with one attached hydrogen (secondary N) is 1. The second-order valence-corrected chi connectivity index (χ2v) is 5.64. The summed E-state index contributed by atoms with van der Waals surface area (Å²) in [5.41, 5.74) is 0. The molecular formula is C13H23NO3. The minimum absolute atomic E-state index is 0.111. The van der Waals surface area contributed by atoms with Crippen LogP contribution < -0.4 is 5.32 Å². The third kappa shape index (κ3) is 3.68. The van der Waals surface area contributed by atoms with E-state index in [4.69, 9.17) is 5.11 Å². The normalized spacial score (nSPS) is 38.2. The zero-order chi connectivity index (χ0) is 12.3. The number of carbonyl (C=O) groups is 1. The molecule has 0 spiro atoms. The number of aliphatic hydroxyl groups is 1. The molecule has 0 aromatic carbocycles. The quantitative estimate of drug-likeness (QED) is 0.695. The van der Waals surface area contributed by atoms with Crippen LogP contribution in [0.15, 0.2) is 0 Å². The summed E-state index contributed by atoms with van der Waals surface area (Å²) in [7, 11) is 0. The van der Waals surface area contributed by atoms with Gasteiger partial charge in [-0.1, -0.05) is 6.42 Å². The Morgan fingerprint density at radius 3 is 2.65 bits per heavy atom. The lowest BCUT2D eigenvalue weighted by molar-refractivity contribution is -0.143. The van der Waals surface area contributed by atoms with Crippen LogP contribution in [0.4, 0.5) is 0 Å². The van der Waals surface area contributed by atoms with Gasteiger partial charge < -0.3 is 15.5 Å².